The van der Waals surface area contributed by atoms with Gasteiger partial charge in [0.2, 0.25) is 0 Å². The van der Waals surface area contributed by atoms with Gasteiger partial charge in [0.1, 0.15) is 0 Å². The number of hydrogen-bond acceptors (Lipinski definition) is 4. The highest BCUT2D eigenvalue weighted by atomic mass is 16.5. The van der Waals surface area contributed by atoms with E-state index < -0.39 is 0 Å². The maximum Gasteiger partial charge on any atom is 0.0843 e. The van der Waals surface area contributed by atoms with Gasteiger partial charge in [0, 0.05) is 31.6 Å². The monoisotopic (exact) mass is 317 g/mol. The van der Waals surface area contributed by atoms with E-state index in [2.05, 4.69) is 36.4 Å². The van der Waals surface area contributed by atoms with Crippen molar-refractivity contribution in [1.82, 2.24) is 14.7 Å². The number of aliphatic hydroxyl groups is 1. The highest BCUT2D eigenvalue weighted by Crippen LogP contribution is 2.27. The standard InChI is InChI=1S/C18H27N3O2/c1-13(2)10-21-18-14(3)15(12-22)4-5-16(18)17(19-21)11-20-6-8-23-9-7-20/h4-5,13,22H,6-12H2,1-3H3. The number of benzene rings is 1. The number of morpholine rings is 1. The number of nitrogens with zero attached hydrogens (tertiary/aromatic N) is 3. The summed E-state index contributed by atoms with van der Waals surface area (Å²) in [7, 11) is 0. The second-order valence-corrected chi connectivity index (χ2v) is 6.82. The molecule has 0 radical (unpaired) electrons. The summed E-state index contributed by atoms with van der Waals surface area (Å²) in [6.07, 6.45) is 0. The molecule has 5 nitrogen and oxygen atoms in total. The molecule has 0 saturated carbocycles. The Labute approximate surface area is 137 Å². The number of ether oxygens (including phenoxy) is 1. The number of rotatable bonds is 5. The minimum Gasteiger partial charge on any atom is -0.392 e. The number of fused-ring (bicyclic) bond motifs is 1. The van der Waals surface area contributed by atoms with Crippen molar-refractivity contribution < 1.29 is 9.84 Å². The molecule has 126 valence electrons. The fourth-order valence-corrected chi connectivity index (χ4v) is 3.29. The van der Waals surface area contributed by atoms with Crippen molar-refractivity contribution in [2.24, 2.45) is 5.92 Å². The van der Waals surface area contributed by atoms with Crippen molar-refractivity contribution in [3.05, 3.63) is 29.0 Å². The molecule has 0 aliphatic carbocycles. The first-order valence-electron chi connectivity index (χ1n) is 8.49. The Morgan fingerprint density at radius 2 is 2.00 bits per heavy atom. The molecule has 0 atom stereocenters. The molecule has 2 heterocycles. The predicted molar refractivity (Wildman–Crippen MR) is 91.3 cm³/mol. The van der Waals surface area contributed by atoms with Gasteiger partial charge in [0.15, 0.2) is 0 Å². The predicted octanol–water partition coefficient (Wildman–Crippen LogP) is 2.33. The second kappa shape index (κ2) is 6.99. The molecular weight excluding hydrogens is 290 g/mol. The van der Waals surface area contributed by atoms with E-state index in [1.165, 1.54) is 10.9 Å². The molecule has 0 unspecified atom stereocenters. The summed E-state index contributed by atoms with van der Waals surface area (Å²) in [5, 5.41) is 15.7. The van der Waals surface area contributed by atoms with Gasteiger partial charge in [-0.1, -0.05) is 26.0 Å². The Kier molecular flexibility index (Phi) is 4.99. The van der Waals surface area contributed by atoms with Crippen molar-refractivity contribution in [3.63, 3.8) is 0 Å². The van der Waals surface area contributed by atoms with Gasteiger partial charge in [-0.15, -0.1) is 0 Å². The average molecular weight is 317 g/mol. The summed E-state index contributed by atoms with van der Waals surface area (Å²) in [4.78, 5) is 2.40. The van der Waals surface area contributed by atoms with Gasteiger partial charge >= 0.3 is 0 Å². The lowest BCUT2D eigenvalue weighted by Crippen LogP contribution is -2.35. The first kappa shape index (κ1) is 16.4. The zero-order valence-electron chi connectivity index (χ0n) is 14.4. The van der Waals surface area contributed by atoms with Crippen LogP contribution in [0.3, 0.4) is 0 Å². The number of aliphatic hydroxyl groups excluding tert-OH is 1. The summed E-state index contributed by atoms with van der Waals surface area (Å²) in [6, 6.07) is 4.15. The summed E-state index contributed by atoms with van der Waals surface area (Å²) in [5.74, 6) is 0.534. The van der Waals surface area contributed by atoms with Crippen molar-refractivity contribution in [2.75, 3.05) is 26.3 Å². The van der Waals surface area contributed by atoms with E-state index in [4.69, 9.17) is 9.84 Å². The highest BCUT2D eigenvalue weighted by Gasteiger charge is 2.18. The van der Waals surface area contributed by atoms with Gasteiger partial charge in [-0.3, -0.25) is 9.58 Å². The summed E-state index contributed by atoms with van der Waals surface area (Å²) in [6.45, 7) is 11.9. The number of hydrogen-bond donors (Lipinski definition) is 1. The normalized spacial score (nSPS) is 16.6. The van der Waals surface area contributed by atoms with Gasteiger partial charge < -0.3 is 9.84 Å². The van der Waals surface area contributed by atoms with Crippen LogP contribution < -0.4 is 0 Å². The molecule has 0 spiro atoms. The smallest absolute Gasteiger partial charge is 0.0843 e. The van der Waals surface area contributed by atoms with Crippen molar-refractivity contribution in [1.29, 1.82) is 0 Å². The van der Waals surface area contributed by atoms with Crippen LogP contribution in [0.4, 0.5) is 0 Å². The Morgan fingerprint density at radius 3 is 2.65 bits per heavy atom. The maximum absolute atomic E-state index is 9.57. The number of aryl methyl sites for hydroxylation is 1. The van der Waals surface area contributed by atoms with Gasteiger partial charge in [0.05, 0.1) is 31.0 Å². The summed E-state index contributed by atoms with van der Waals surface area (Å²) >= 11 is 0. The van der Waals surface area contributed by atoms with Crippen LogP contribution in [-0.4, -0.2) is 46.1 Å². The summed E-state index contributed by atoms with van der Waals surface area (Å²) in [5.41, 5.74) is 4.44. The lowest BCUT2D eigenvalue weighted by molar-refractivity contribution is 0.0337. The average Bonchev–Trinajstić information content (AvgIpc) is 2.86. The molecule has 23 heavy (non-hydrogen) atoms. The molecule has 1 aromatic heterocycles. The quantitative estimate of drug-likeness (QED) is 0.919. The lowest BCUT2D eigenvalue weighted by atomic mass is 10.0. The van der Waals surface area contributed by atoms with Crippen LogP contribution in [0, 0.1) is 12.8 Å². The lowest BCUT2D eigenvalue weighted by Gasteiger charge is -2.25. The second-order valence-electron chi connectivity index (χ2n) is 6.82. The van der Waals surface area contributed by atoms with E-state index in [1.54, 1.807) is 0 Å². The van der Waals surface area contributed by atoms with Crippen molar-refractivity contribution in [2.45, 2.75) is 40.5 Å². The summed E-state index contributed by atoms with van der Waals surface area (Å²) < 4.78 is 7.57. The third-order valence-corrected chi connectivity index (χ3v) is 4.54. The molecular formula is C18H27N3O2. The van der Waals surface area contributed by atoms with Crippen LogP contribution in [0.2, 0.25) is 0 Å². The minimum absolute atomic E-state index is 0.0768. The molecule has 1 N–H and O–H groups in total. The van der Waals surface area contributed by atoms with Gasteiger partial charge in [-0.25, -0.2) is 0 Å². The van der Waals surface area contributed by atoms with Gasteiger partial charge in [-0.2, -0.15) is 5.10 Å². The van der Waals surface area contributed by atoms with Crippen LogP contribution >= 0.6 is 0 Å². The molecule has 1 fully saturated rings. The van der Waals surface area contributed by atoms with Crippen LogP contribution in [0.15, 0.2) is 12.1 Å². The fourth-order valence-electron chi connectivity index (χ4n) is 3.29. The van der Waals surface area contributed by atoms with E-state index in [-0.39, 0.29) is 6.61 Å². The van der Waals surface area contributed by atoms with Crippen LogP contribution in [0.1, 0.15) is 30.7 Å². The molecule has 2 aromatic rings. The van der Waals surface area contributed by atoms with Crippen molar-refractivity contribution >= 4 is 10.9 Å². The van der Waals surface area contributed by atoms with E-state index in [0.717, 1.165) is 56.2 Å². The topological polar surface area (TPSA) is 50.5 Å². The Balaban J connectivity index is 2.02. The van der Waals surface area contributed by atoms with Crippen LogP contribution in [-0.2, 0) is 24.4 Å². The van der Waals surface area contributed by atoms with Crippen molar-refractivity contribution in [3.8, 4) is 0 Å². The van der Waals surface area contributed by atoms with Gasteiger partial charge in [0.25, 0.3) is 0 Å². The molecule has 0 amide bonds. The van der Waals surface area contributed by atoms with E-state index >= 15 is 0 Å². The highest BCUT2D eigenvalue weighted by molar-refractivity contribution is 5.86. The zero-order chi connectivity index (χ0) is 16.4. The van der Waals surface area contributed by atoms with E-state index in [9.17, 15) is 5.11 Å². The van der Waals surface area contributed by atoms with Crippen LogP contribution in [0.5, 0.6) is 0 Å². The first-order valence-corrected chi connectivity index (χ1v) is 8.49. The van der Waals surface area contributed by atoms with Gasteiger partial charge in [-0.05, 0) is 24.0 Å². The van der Waals surface area contributed by atoms with E-state index in [1.807, 2.05) is 6.07 Å². The molecule has 1 aliphatic rings. The maximum atomic E-state index is 9.57. The Hall–Kier alpha value is -1.43. The molecule has 3 rings (SSSR count). The Morgan fingerprint density at radius 1 is 1.26 bits per heavy atom. The Bertz CT molecular complexity index is 672. The first-order chi connectivity index (χ1) is 11.1. The minimum atomic E-state index is 0.0768. The van der Waals surface area contributed by atoms with E-state index in [0.29, 0.717) is 5.92 Å². The third kappa shape index (κ3) is 3.42. The largest absolute Gasteiger partial charge is 0.392 e. The van der Waals surface area contributed by atoms with Crippen LogP contribution in [0.25, 0.3) is 10.9 Å². The SMILES string of the molecule is Cc1c(CO)ccc2c(CN3CCOCC3)nn(CC(C)C)c12. The fraction of sp³-hybridized carbons (Fsp3) is 0.611. The number of aromatic nitrogens is 2. The molecule has 1 aliphatic heterocycles. The molecule has 1 aromatic carbocycles. The molecule has 5 heteroatoms. The zero-order valence-corrected chi connectivity index (χ0v) is 14.4. The molecule has 0 bridgehead atoms. The third-order valence-electron chi connectivity index (χ3n) is 4.54. The molecule has 1 saturated heterocycles.